The Labute approximate surface area is 152 Å². The van der Waals surface area contributed by atoms with E-state index in [4.69, 9.17) is 9.05 Å². The third-order valence-corrected chi connectivity index (χ3v) is 4.83. The molecule has 0 saturated carbocycles. The summed E-state index contributed by atoms with van der Waals surface area (Å²) in [5, 5.41) is 2.79. The van der Waals surface area contributed by atoms with Crippen molar-refractivity contribution in [2.24, 2.45) is 0 Å². The van der Waals surface area contributed by atoms with Crippen molar-refractivity contribution in [3.05, 3.63) is 12.2 Å². The second kappa shape index (κ2) is 12.6. The SMILES string of the molecule is C=C(C)C(=O)NCCC[N+](C)(C)CCOP(=O)(O)OCCCCCC. The van der Waals surface area contributed by atoms with E-state index in [0.29, 0.717) is 23.1 Å². The normalized spacial score (nSPS) is 14.1. The lowest BCUT2D eigenvalue weighted by Crippen LogP contribution is -2.44. The summed E-state index contributed by atoms with van der Waals surface area (Å²) in [6, 6.07) is 0. The fraction of sp³-hybridized carbons (Fsp3) is 0.824. The van der Waals surface area contributed by atoms with Crippen LogP contribution in [0.5, 0.6) is 0 Å². The van der Waals surface area contributed by atoms with Gasteiger partial charge in [-0.05, 0) is 13.3 Å². The van der Waals surface area contributed by atoms with E-state index in [0.717, 1.165) is 38.6 Å². The van der Waals surface area contributed by atoms with Crippen LogP contribution in [0, 0.1) is 0 Å². The second-order valence-electron chi connectivity index (χ2n) is 6.97. The molecular weight excluding hydrogens is 343 g/mol. The number of quaternary nitrogens is 1. The maximum Gasteiger partial charge on any atom is 0.472 e. The number of carbonyl (C=O) groups excluding carboxylic acids is 1. The molecule has 0 fully saturated rings. The van der Waals surface area contributed by atoms with E-state index in [1.807, 2.05) is 14.1 Å². The van der Waals surface area contributed by atoms with Crippen molar-refractivity contribution in [3.63, 3.8) is 0 Å². The van der Waals surface area contributed by atoms with E-state index in [-0.39, 0.29) is 19.1 Å². The quantitative estimate of drug-likeness (QED) is 0.198. The van der Waals surface area contributed by atoms with Crippen LogP contribution in [-0.4, -0.2) is 62.2 Å². The first-order chi connectivity index (χ1) is 11.6. The topological polar surface area (TPSA) is 84.9 Å². The highest BCUT2D eigenvalue weighted by molar-refractivity contribution is 7.47. The average Bonchev–Trinajstić information content (AvgIpc) is 2.50. The largest absolute Gasteiger partial charge is 0.472 e. The number of unbranched alkanes of at least 4 members (excludes halogenated alkanes) is 3. The van der Waals surface area contributed by atoms with Crippen molar-refractivity contribution in [1.29, 1.82) is 0 Å². The van der Waals surface area contributed by atoms with E-state index in [1.165, 1.54) is 0 Å². The van der Waals surface area contributed by atoms with Crippen LogP contribution in [0.1, 0.15) is 46.0 Å². The molecule has 0 bridgehead atoms. The average molecular weight is 379 g/mol. The molecule has 148 valence electrons. The maximum atomic E-state index is 11.8. The molecule has 0 aromatic rings. The Balaban J connectivity index is 3.89. The lowest BCUT2D eigenvalue weighted by atomic mass is 10.2. The fourth-order valence-corrected chi connectivity index (χ4v) is 2.87. The lowest BCUT2D eigenvalue weighted by molar-refractivity contribution is -0.890. The summed E-state index contributed by atoms with van der Waals surface area (Å²) in [4.78, 5) is 21.0. The molecule has 0 heterocycles. The number of phosphoric acid groups is 1. The highest BCUT2D eigenvalue weighted by Crippen LogP contribution is 2.43. The molecule has 0 saturated heterocycles. The monoisotopic (exact) mass is 379 g/mol. The van der Waals surface area contributed by atoms with Crippen LogP contribution in [0.4, 0.5) is 0 Å². The van der Waals surface area contributed by atoms with E-state index >= 15 is 0 Å². The number of hydrogen-bond acceptors (Lipinski definition) is 4. The number of amides is 1. The fourth-order valence-electron chi connectivity index (χ4n) is 2.12. The molecule has 25 heavy (non-hydrogen) atoms. The molecule has 8 heteroatoms. The number of phosphoric ester groups is 1. The summed E-state index contributed by atoms with van der Waals surface area (Å²) in [7, 11) is 0.0637. The third kappa shape index (κ3) is 14.2. The van der Waals surface area contributed by atoms with Gasteiger partial charge in [-0.3, -0.25) is 13.8 Å². The molecule has 0 aromatic heterocycles. The van der Waals surface area contributed by atoms with Crippen LogP contribution in [0.25, 0.3) is 0 Å². The first kappa shape index (κ1) is 24.3. The maximum absolute atomic E-state index is 11.8. The van der Waals surface area contributed by atoms with Gasteiger partial charge in [-0.25, -0.2) is 4.57 Å². The van der Waals surface area contributed by atoms with Crippen LogP contribution < -0.4 is 5.32 Å². The molecule has 0 rings (SSSR count). The molecule has 0 aromatic carbocycles. The summed E-state index contributed by atoms with van der Waals surface area (Å²) >= 11 is 0. The van der Waals surface area contributed by atoms with Crippen LogP contribution >= 0.6 is 7.82 Å². The van der Waals surface area contributed by atoms with E-state index in [1.54, 1.807) is 6.92 Å². The Morgan fingerprint density at radius 2 is 1.76 bits per heavy atom. The van der Waals surface area contributed by atoms with Crippen molar-refractivity contribution in [2.75, 3.05) is 46.9 Å². The molecule has 0 spiro atoms. The minimum atomic E-state index is -3.96. The Morgan fingerprint density at radius 3 is 2.36 bits per heavy atom. The zero-order chi connectivity index (χ0) is 19.3. The van der Waals surface area contributed by atoms with Crippen molar-refractivity contribution in [3.8, 4) is 0 Å². The highest BCUT2D eigenvalue weighted by Gasteiger charge is 2.23. The van der Waals surface area contributed by atoms with Crippen LogP contribution in [0.15, 0.2) is 12.2 Å². The number of carbonyl (C=O) groups is 1. The highest BCUT2D eigenvalue weighted by atomic mass is 31.2. The first-order valence-electron chi connectivity index (χ1n) is 8.97. The Hall–Kier alpha value is -0.720. The van der Waals surface area contributed by atoms with Crippen molar-refractivity contribution in [2.45, 2.75) is 46.0 Å². The smallest absolute Gasteiger partial charge is 0.352 e. The number of nitrogens with zero attached hydrogens (tertiary/aromatic N) is 1. The predicted molar refractivity (Wildman–Crippen MR) is 100 cm³/mol. The summed E-state index contributed by atoms with van der Waals surface area (Å²) < 4.78 is 22.4. The van der Waals surface area contributed by atoms with Crippen molar-refractivity contribution < 1.29 is 27.8 Å². The first-order valence-corrected chi connectivity index (χ1v) is 10.5. The molecular formula is C17H36N2O5P+. The minimum absolute atomic E-state index is 0.133. The number of nitrogens with one attached hydrogen (secondary N) is 1. The van der Waals surface area contributed by atoms with Gasteiger partial charge in [0.1, 0.15) is 13.2 Å². The Bertz CT molecular complexity index is 454. The Morgan fingerprint density at radius 1 is 1.12 bits per heavy atom. The van der Waals surface area contributed by atoms with Gasteiger partial charge in [-0.15, -0.1) is 0 Å². The van der Waals surface area contributed by atoms with Crippen LogP contribution in [0.2, 0.25) is 0 Å². The summed E-state index contributed by atoms with van der Waals surface area (Å²) in [5.41, 5.74) is 0.496. The summed E-state index contributed by atoms with van der Waals surface area (Å²) in [5.74, 6) is -0.133. The van der Waals surface area contributed by atoms with Gasteiger partial charge in [0.05, 0.1) is 27.2 Å². The predicted octanol–water partition coefficient (Wildman–Crippen LogP) is 2.86. The van der Waals surface area contributed by atoms with Gasteiger partial charge < -0.3 is 14.7 Å². The minimum Gasteiger partial charge on any atom is -0.352 e. The van der Waals surface area contributed by atoms with E-state index in [2.05, 4.69) is 18.8 Å². The molecule has 7 nitrogen and oxygen atoms in total. The van der Waals surface area contributed by atoms with Gasteiger partial charge in [0, 0.05) is 18.5 Å². The lowest BCUT2D eigenvalue weighted by Gasteiger charge is -2.29. The molecule has 1 atom stereocenters. The number of rotatable bonds is 15. The summed E-state index contributed by atoms with van der Waals surface area (Å²) in [6.45, 7) is 9.73. The van der Waals surface area contributed by atoms with Crippen LogP contribution in [-0.2, 0) is 18.4 Å². The van der Waals surface area contributed by atoms with Gasteiger partial charge in [0.25, 0.3) is 0 Å². The second-order valence-corrected chi connectivity index (χ2v) is 8.42. The summed E-state index contributed by atoms with van der Waals surface area (Å²) in [6.07, 6.45) is 4.76. The van der Waals surface area contributed by atoms with Gasteiger partial charge >= 0.3 is 7.82 Å². The molecule has 0 aliphatic rings. The Kier molecular flexibility index (Phi) is 12.2. The van der Waals surface area contributed by atoms with E-state index in [9.17, 15) is 14.3 Å². The standard InChI is InChI=1S/C17H35N2O5P/c1-6-7-8-9-14-23-25(21,22)24-15-13-19(4,5)12-10-11-18-17(20)16(2)3/h2,6-15H2,1,3-5H3,(H-,18,20,21,22)/p+1. The number of hydrogen-bond donors (Lipinski definition) is 2. The molecule has 0 aliphatic carbocycles. The molecule has 0 aliphatic heterocycles. The molecule has 2 N–H and O–H groups in total. The van der Waals surface area contributed by atoms with Gasteiger partial charge in [-0.1, -0.05) is 32.8 Å². The zero-order valence-corrected chi connectivity index (χ0v) is 17.1. The zero-order valence-electron chi connectivity index (χ0n) is 16.3. The third-order valence-electron chi connectivity index (χ3n) is 3.82. The number of likely N-dealkylation sites (N-methyl/N-ethyl adjacent to an activating group) is 1. The molecule has 0 radical (unpaired) electrons. The van der Waals surface area contributed by atoms with Crippen molar-refractivity contribution in [1.82, 2.24) is 5.32 Å². The van der Waals surface area contributed by atoms with Crippen molar-refractivity contribution >= 4 is 13.7 Å². The van der Waals surface area contributed by atoms with Gasteiger partial charge in [0.2, 0.25) is 5.91 Å². The molecule has 1 amide bonds. The van der Waals surface area contributed by atoms with Gasteiger partial charge in [0.15, 0.2) is 0 Å². The van der Waals surface area contributed by atoms with Crippen LogP contribution in [0.3, 0.4) is 0 Å². The van der Waals surface area contributed by atoms with Gasteiger partial charge in [-0.2, -0.15) is 0 Å². The van der Waals surface area contributed by atoms with E-state index < -0.39 is 7.82 Å². The molecule has 1 unspecified atom stereocenters.